The summed E-state index contributed by atoms with van der Waals surface area (Å²) in [6, 6.07) is 10.3. The summed E-state index contributed by atoms with van der Waals surface area (Å²) in [5.74, 6) is -1.83. The predicted octanol–water partition coefficient (Wildman–Crippen LogP) is 0.616. The van der Waals surface area contributed by atoms with Crippen molar-refractivity contribution in [1.82, 2.24) is 10.2 Å². The Morgan fingerprint density at radius 1 is 1.07 bits per heavy atom. The molecule has 3 rings (SSSR count). The molecule has 2 atom stereocenters. The number of nitrogens with zero attached hydrogens (tertiary/aromatic N) is 2. The summed E-state index contributed by atoms with van der Waals surface area (Å²) in [5, 5.41) is 24.7. The lowest BCUT2D eigenvalue weighted by Crippen LogP contribution is -2.56. The van der Waals surface area contributed by atoms with Gasteiger partial charge in [0.2, 0.25) is 0 Å². The maximum atomic E-state index is 13.9. The van der Waals surface area contributed by atoms with E-state index in [0.717, 1.165) is 4.88 Å². The van der Waals surface area contributed by atoms with Crippen LogP contribution in [0.1, 0.15) is 4.88 Å². The highest BCUT2D eigenvalue weighted by Gasteiger charge is 2.34. The number of aliphatic hydroxyl groups excluding tert-OH is 2. The van der Waals surface area contributed by atoms with Crippen molar-refractivity contribution in [2.75, 3.05) is 37.6 Å². The maximum Gasteiger partial charge on any atom is 0.254 e. The topological polar surface area (TPSA) is 93.1 Å². The minimum Gasteiger partial charge on any atom is -0.380 e. The van der Waals surface area contributed by atoms with E-state index in [1.807, 2.05) is 22.4 Å². The number of halogens is 1. The summed E-state index contributed by atoms with van der Waals surface area (Å²) < 4.78 is 13.9. The van der Waals surface area contributed by atoms with Crippen molar-refractivity contribution in [2.24, 2.45) is 0 Å². The summed E-state index contributed by atoms with van der Waals surface area (Å²) in [6.07, 6.45) is -3.06. The normalized spacial score (nSPS) is 16.4. The van der Waals surface area contributed by atoms with E-state index in [9.17, 15) is 24.2 Å². The number of hydrogen-bond donors (Lipinski definition) is 3. The largest absolute Gasteiger partial charge is 0.380 e. The lowest BCUT2D eigenvalue weighted by atomic mass is 10.1. The molecule has 0 unspecified atom stereocenters. The number of rotatable bonds is 7. The van der Waals surface area contributed by atoms with Crippen LogP contribution < -0.4 is 10.2 Å². The molecule has 2 amide bonds. The highest BCUT2D eigenvalue weighted by Crippen LogP contribution is 2.20. The number of carbonyl (C=O) groups is 2. The zero-order valence-electron chi connectivity index (χ0n) is 15.8. The smallest absolute Gasteiger partial charge is 0.254 e. The molecule has 0 saturated carbocycles. The SMILES string of the molecule is O=C(NCCc1cccs1)[C@H](O)[C@@H](O)C(=O)N1CCN(c2ccccc2F)CC1. The Labute approximate surface area is 172 Å². The van der Waals surface area contributed by atoms with Gasteiger partial charge >= 0.3 is 0 Å². The number of anilines is 1. The van der Waals surface area contributed by atoms with Crippen LogP contribution in [-0.2, 0) is 16.0 Å². The van der Waals surface area contributed by atoms with Gasteiger partial charge in [-0.1, -0.05) is 18.2 Å². The molecule has 1 fully saturated rings. The highest BCUT2D eigenvalue weighted by molar-refractivity contribution is 7.09. The summed E-state index contributed by atoms with van der Waals surface area (Å²) >= 11 is 1.56. The van der Waals surface area contributed by atoms with Crippen molar-refractivity contribution < 1.29 is 24.2 Å². The van der Waals surface area contributed by atoms with Crippen LogP contribution in [0.3, 0.4) is 0 Å². The molecule has 2 aromatic rings. The first-order chi connectivity index (χ1) is 14.0. The fraction of sp³-hybridized carbons (Fsp3) is 0.400. The summed E-state index contributed by atoms with van der Waals surface area (Å²) in [5.41, 5.74) is 0.463. The van der Waals surface area contributed by atoms with Crippen molar-refractivity contribution in [2.45, 2.75) is 18.6 Å². The molecule has 7 nitrogen and oxygen atoms in total. The van der Waals surface area contributed by atoms with Crippen molar-refractivity contribution >= 4 is 28.8 Å². The van der Waals surface area contributed by atoms with E-state index in [2.05, 4.69) is 5.32 Å². The lowest BCUT2D eigenvalue weighted by molar-refractivity contribution is -0.153. The number of piperazine rings is 1. The molecule has 29 heavy (non-hydrogen) atoms. The summed E-state index contributed by atoms with van der Waals surface area (Å²) in [7, 11) is 0. The fourth-order valence-corrected chi connectivity index (χ4v) is 3.92. The molecule has 1 aliphatic heterocycles. The first kappa shape index (κ1) is 21.2. The number of aliphatic hydroxyl groups is 2. The van der Waals surface area contributed by atoms with E-state index in [1.54, 1.807) is 29.5 Å². The zero-order chi connectivity index (χ0) is 20.8. The van der Waals surface area contributed by atoms with Crippen LogP contribution >= 0.6 is 11.3 Å². The number of carbonyl (C=O) groups excluding carboxylic acids is 2. The Morgan fingerprint density at radius 2 is 1.79 bits per heavy atom. The maximum absolute atomic E-state index is 13.9. The van der Waals surface area contributed by atoms with Crippen LogP contribution in [0, 0.1) is 5.82 Å². The Kier molecular flexibility index (Phi) is 7.18. The van der Waals surface area contributed by atoms with Gasteiger partial charge in [-0.3, -0.25) is 9.59 Å². The van der Waals surface area contributed by atoms with E-state index < -0.39 is 24.0 Å². The summed E-state index contributed by atoms with van der Waals surface area (Å²) in [6.45, 7) is 1.61. The van der Waals surface area contributed by atoms with E-state index in [0.29, 0.717) is 31.7 Å². The molecule has 1 aromatic heterocycles. The molecule has 1 aromatic carbocycles. The monoisotopic (exact) mass is 421 g/mol. The minimum absolute atomic E-state index is 0.261. The minimum atomic E-state index is -1.84. The Balaban J connectivity index is 1.47. The predicted molar refractivity (Wildman–Crippen MR) is 108 cm³/mol. The van der Waals surface area contributed by atoms with Crippen LogP contribution in [0.15, 0.2) is 41.8 Å². The number of benzene rings is 1. The van der Waals surface area contributed by atoms with E-state index in [1.165, 1.54) is 11.0 Å². The average Bonchev–Trinajstić information content (AvgIpc) is 3.26. The molecule has 1 saturated heterocycles. The Morgan fingerprint density at radius 3 is 2.45 bits per heavy atom. The number of thiophene rings is 1. The van der Waals surface area contributed by atoms with Gasteiger partial charge in [0.05, 0.1) is 5.69 Å². The van der Waals surface area contributed by atoms with Crippen LogP contribution in [-0.4, -0.2) is 71.9 Å². The van der Waals surface area contributed by atoms with E-state index >= 15 is 0 Å². The second-order valence-corrected chi connectivity index (χ2v) is 7.81. The molecule has 0 aliphatic carbocycles. The summed E-state index contributed by atoms with van der Waals surface area (Å²) in [4.78, 5) is 28.8. The second-order valence-electron chi connectivity index (χ2n) is 6.77. The number of nitrogens with one attached hydrogen (secondary N) is 1. The Hall–Kier alpha value is -2.49. The van der Waals surface area contributed by atoms with Gasteiger partial charge in [-0.15, -0.1) is 11.3 Å². The first-order valence-electron chi connectivity index (χ1n) is 9.42. The van der Waals surface area contributed by atoms with Crippen LogP contribution in [0.5, 0.6) is 0 Å². The zero-order valence-corrected chi connectivity index (χ0v) is 16.6. The molecule has 3 N–H and O–H groups in total. The highest BCUT2D eigenvalue weighted by atomic mass is 32.1. The van der Waals surface area contributed by atoms with Crippen molar-refractivity contribution in [1.29, 1.82) is 0 Å². The molecule has 156 valence electrons. The molecular formula is C20H24FN3O4S. The molecular weight excluding hydrogens is 397 g/mol. The van der Waals surface area contributed by atoms with E-state index in [4.69, 9.17) is 0 Å². The van der Waals surface area contributed by atoms with Gasteiger partial charge in [0, 0.05) is 37.6 Å². The molecule has 2 heterocycles. The van der Waals surface area contributed by atoms with Gasteiger partial charge in [-0.2, -0.15) is 0 Å². The van der Waals surface area contributed by atoms with Gasteiger partial charge in [0.25, 0.3) is 11.8 Å². The average molecular weight is 421 g/mol. The van der Waals surface area contributed by atoms with Crippen molar-refractivity contribution in [3.63, 3.8) is 0 Å². The van der Waals surface area contributed by atoms with Gasteiger partial charge in [0.15, 0.2) is 12.2 Å². The third kappa shape index (κ3) is 5.31. The van der Waals surface area contributed by atoms with E-state index in [-0.39, 0.29) is 18.9 Å². The van der Waals surface area contributed by atoms with Crippen LogP contribution in [0.25, 0.3) is 0 Å². The van der Waals surface area contributed by atoms with Crippen molar-refractivity contribution in [3.05, 3.63) is 52.5 Å². The van der Waals surface area contributed by atoms with Crippen LogP contribution in [0.2, 0.25) is 0 Å². The molecule has 1 aliphatic rings. The molecule has 0 bridgehead atoms. The van der Waals surface area contributed by atoms with Crippen LogP contribution in [0.4, 0.5) is 10.1 Å². The third-order valence-electron chi connectivity index (χ3n) is 4.86. The molecule has 9 heteroatoms. The molecule has 0 radical (unpaired) electrons. The first-order valence-corrected chi connectivity index (χ1v) is 10.3. The number of amides is 2. The number of para-hydroxylation sites is 1. The second kappa shape index (κ2) is 9.82. The third-order valence-corrected chi connectivity index (χ3v) is 5.79. The quantitative estimate of drug-likeness (QED) is 0.610. The molecule has 0 spiro atoms. The standard InChI is InChI=1S/C20H24FN3O4S/c21-15-5-1-2-6-16(15)23-9-11-24(12-10-23)20(28)18(26)17(25)19(27)22-8-7-14-4-3-13-29-14/h1-6,13,17-18,25-26H,7-12H2,(H,22,27)/t17-,18-/m1/s1. The van der Waals surface area contributed by atoms with Gasteiger partial charge in [0.1, 0.15) is 5.82 Å². The van der Waals surface area contributed by atoms with Crippen molar-refractivity contribution in [3.8, 4) is 0 Å². The van der Waals surface area contributed by atoms with Gasteiger partial charge in [-0.25, -0.2) is 4.39 Å². The number of hydrogen-bond acceptors (Lipinski definition) is 6. The van der Waals surface area contributed by atoms with Gasteiger partial charge < -0.3 is 25.3 Å². The fourth-order valence-electron chi connectivity index (χ4n) is 3.21. The van der Waals surface area contributed by atoms with Gasteiger partial charge in [-0.05, 0) is 30.0 Å². The Bertz CT molecular complexity index is 825. The lowest BCUT2D eigenvalue weighted by Gasteiger charge is -2.37.